The molecule has 11 nitrogen and oxygen atoms in total. The molecule has 0 bridgehead atoms. The van der Waals surface area contributed by atoms with Crippen molar-refractivity contribution in [2.75, 3.05) is 39.8 Å². The average molecular weight is 787 g/mol. The number of nitrogens with one attached hydrogen (secondary N) is 2. The summed E-state index contributed by atoms with van der Waals surface area (Å²) in [7, 11) is 1.51. The van der Waals surface area contributed by atoms with Gasteiger partial charge in [0.1, 0.15) is 6.04 Å². The maximum Gasteiger partial charge on any atom is 0.245 e. The molecule has 4 atom stereocenters. The minimum absolute atomic E-state index is 0.123. The molecule has 4 amide bonds. The molecule has 47 heavy (non-hydrogen) atoms. The Morgan fingerprint density at radius 2 is 1.87 bits per heavy atom. The number of likely N-dealkylation sites (N-methyl/N-ethyl adjacent to an activating group) is 1. The highest BCUT2D eigenvalue weighted by atomic mass is 127. The summed E-state index contributed by atoms with van der Waals surface area (Å²) in [4.78, 5) is 53.5. The van der Waals surface area contributed by atoms with Crippen LogP contribution < -0.4 is 10.6 Å². The molecule has 3 fully saturated rings. The van der Waals surface area contributed by atoms with E-state index in [4.69, 9.17) is 4.74 Å². The molecule has 264 valence electrons. The van der Waals surface area contributed by atoms with E-state index in [0.717, 1.165) is 31.2 Å². The molecule has 13 heteroatoms. The van der Waals surface area contributed by atoms with Gasteiger partial charge in [0, 0.05) is 51.3 Å². The van der Waals surface area contributed by atoms with Crippen LogP contribution in [0.5, 0.6) is 0 Å². The Bertz CT molecular complexity index is 1210. The number of amides is 4. The van der Waals surface area contributed by atoms with E-state index >= 15 is 0 Å². The number of halogens is 1. The third-order valence-corrected chi connectivity index (χ3v) is 9.99. The molecule has 1 saturated carbocycles. The lowest BCUT2D eigenvalue weighted by Gasteiger charge is -2.50. The fraction of sp³-hybridized carbons (Fsp3) is 0.618. The first kappa shape index (κ1) is 42.5. The van der Waals surface area contributed by atoms with Crippen molar-refractivity contribution in [2.45, 2.75) is 79.9 Å². The number of aromatic nitrogens is 2. The summed E-state index contributed by atoms with van der Waals surface area (Å²) in [5, 5.41) is 9.53. The van der Waals surface area contributed by atoms with Gasteiger partial charge in [-0.15, -0.1) is 0 Å². The Morgan fingerprint density at radius 3 is 2.34 bits per heavy atom. The Hall–Kier alpha value is -2.57. The van der Waals surface area contributed by atoms with Crippen LogP contribution >= 0.6 is 28.4 Å². The quantitative estimate of drug-likeness (QED) is 0.125. The number of nitrogens with zero attached hydrogens (tertiary/aromatic N) is 4. The molecule has 4 rings (SSSR count). The van der Waals surface area contributed by atoms with Crippen LogP contribution in [0.2, 0.25) is 0 Å². The van der Waals surface area contributed by atoms with Gasteiger partial charge in [0.2, 0.25) is 24.1 Å². The van der Waals surface area contributed by atoms with Crippen LogP contribution in [0.15, 0.2) is 48.8 Å². The van der Waals surface area contributed by atoms with Crippen LogP contribution in [0.4, 0.5) is 0 Å². The van der Waals surface area contributed by atoms with Gasteiger partial charge < -0.3 is 25.2 Å². The van der Waals surface area contributed by atoms with E-state index in [1.54, 1.807) is 28.9 Å². The van der Waals surface area contributed by atoms with Gasteiger partial charge >= 0.3 is 0 Å². The van der Waals surface area contributed by atoms with E-state index in [2.05, 4.69) is 44.4 Å². The Kier molecular flexibility index (Phi) is 20.0. The first-order chi connectivity index (χ1) is 22.6. The zero-order valence-electron chi connectivity index (χ0n) is 29.4. The van der Waals surface area contributed by atoms with E-state index < -0.39 is 23.5 Å². The van der Waals surface area contributed by atoms with Crippen molar-refractivity contribution < 1.29 is 23.9 Å². The number of hydrogen-bond acceptors (Lipinski definition) is 6. The van der Waals surface area contributed by atoms with Gasteiger partial charge in [-0.25, -0.2) is 4.45 Å². The maximum atomic E-state index is 13.4. The smallest absolute Gasteiger partial charge is 0.245 e. The number of aryl methyl sites for hydroxylation is 1. The summed E-state index contributed by atoms with van der Waals surface area (Å²) < 4.78 is 7.84. The van der Waals surface area contributed by atoms with Crippen molar-refractivity contribution in [3.63, 3.8) is 0 Å². The molecular weight excluding hydrogens is 730 g/mol. The Labute approximate surface area is 296 Å². The van der Waals surface area contributed by atoms with Gasteiger partial charge in [-0.2, -0.15) is 5.10 Å². The second kappa shape index (κ2) is 22.1. The largest absolute Gasteiger partial charge is 0.371 e. The number of likely N-dealkylation sites (tertiary alicyclic amines) is 2. The van der Waals surface area contributed by atoms with Gasteiger partial charge in [0.25, 0.3) is 0 Å². The van der Waals surface area contributed by atoms with Crippen molar-refractivity contribution in [2.24, 2.45) is 17.3 Å². The molecule has 0 aromatic carbocycles. The summed E-state index contributed by atoms with van der Waals surface area (Å²) >= 11 is 2.29. The monoisotopic (exact) mass is 786 g/mol. The van der Waals surface area contributed by atoms with Crippen LogP contribution in [-0.4, -0.2) is 95.5 Å². The molecule has 3 unspecified atom stereocenters. The van der Waals surface area contributed by atoms with Crippen molar-refractivity contribution >= 4 is 52.5 Å². The maximum absolute atomic E-state index is 13.4. The summed E-state index contributed by atoms with van der Waals surface area (Å²) in [6.45, 7) is 19.2. The van der Waals surface area contributed by atoms with E-state index in [0.29, 0.717) is 32.0 Å². The first-order valence-electron chi connectivity index (χ1n) is 16.5. The molecule has 1 spiro atoms. The van der Waals surface area contributed by atoms with Gasteiger partial charge in [-0.05, 0) is 72.7 Å². The fourth-order valence-electron chi connectivity index (χ4n) is 5.37. The first-order valence-corrected chi connectivity index (χ1v) is 20.6. The van der Waals surface area contributed by atoms with Gasteiger partial charge in [-0.3, -0.25) is 19.2 Å². The number of ether oxygens (including phenoxy) is 1. The second-order valence-electron chi connectivity index (χ2n) is 11.5. The van der Waals surface area contributed by atoms with Crippen LogP contribution in [-0.2, 0) is 23.9 Å². The van der Waals surface area contributed by atoms with E-state index in [9.17, 15) is 19.2 Å². The highest BCUT2D eigenvalue weighted by molar-refractivity contribution is 14.2. The summed E-state index contributed by atoms with van der Waals surface area (Å²) in [5.74, 6) is -0.538. The Balaban J connectivity index is 0.000000783. The Morgan fingerprint density at radius 1 is 1.21 bits per heavy atom. The predicted molar refractivity (Wildman–Crippen MR) is 199 cm³/mol. The number of carbonyl (C=O) groups is 4. The van der Waals surface area contributed by atoms with E-state index in [-0.39, 0.29) is 30.9 Å². The molecule has 3 aliphatic rings. The van der Waals surface area contributed by atoms with Gasteiger partial charge in [0.05, 0.1) is 31.2 Å². The summed E-state index contributed by atoms with van der Waals surface area (Å²) in [6, 6.07) is -0.899. The molecule has 1 aromatic rings. The van der Waals surface area contributed by atoms with Crippen molar-refractivity contribution in [3.05, 3.63) is 54.4 Å². The van der Waals surface area contributed by atoms with Gasteiger partial charge in [0.15, 0.2) is 0 Å². The molecule has 3 heterocycles. The standard InChI is InChI=1S/C26H38N4O5.C4H6IN2P.2C2H6/c1-5-7-8-19(6-2)13-35-18(3)23(25(34)27-4)28-24(33)21-12-29(17-31)14-26(21)15-30(16-26)22(32)11-20-9-10-20;1-4-2-6-7(3-4)8-5;2*1-2/h5-8,17-18,20-21,23H,1,9-16H2,2-4H3,(H,27,34)(H,28,33);2-3,8H,1H3;2*1-2H3/b8-7-,19-6+;;;/t18-,21?,23?;;;/m1.../s1. The lowest BCUT2D eigenvalue weighted by Crippen LogP contribution is -2.65. The van der Waals surface area contributed by atoms with Crippen LogP contribution in [0.3, 0.4) is 0 Å². The number of rotatable bonds is 13. The lowest BCUT2D eigenvalue weighted by atomic mass is 9.71. The fourth-order valence-corrected chi connectivity index (χ4v) is 6.51. The second-order valence-corrected chi connectivity index (χ2v) is 13.5. The van der Waals surface area contributed by atoms with Crippen LogP contribution in [0.25, 0.3) is 0 Å². The van der Waals surface area contributed by atoms with E-state index in [1.165, 1.54) is 12.6 Å². The third kappa shape index (κ3) is 13.1. The summed E-state index contributed by atoms with van der Waals surface area (Å²) in [6.07, 6.45) is 14.8. The zero-order chi connectivity index (χ0) is 35.6. The SMILES string of the molecule is C=C/C=C\C(=C/C)CO[C@H](C)C(NC(=O)C1CN(C=O)CC12CN(C(=O)CC1CC1)C2)C(=O)NC.CC.CC.Cc1cnn(PI)c1. The molecule has 2 aliphatic heterocycles. The normalized spacial score (nSPS) is 19.3. The molecule has 0 radical (unpaired) electrons. The highest BCUT2D eigenvalue weighted by Crippen LogP contribution is 2.45. The third-order valence-electron chi connectivity index (χ3n) is 8.09. The zero-order valence-corrected chi connectivity index (χ0v) is 32.6. The van der Waals surface area contributed by atoms with E-state index in [1.807, 2.05) is 70.5 Å². The predicted octanol–water partition coefficient (Wildman–Crippen LogP) is 5.06. The molecular formula is C34H56IN6O5P. The van der Waals surface area contributed by atoms with Crippen LogP contribution in [0, 0.1) is 24.2 Å². The lowest BCUT2D eigenvalue weighted by molar-refractivity contribution is -0.151. The molecule has 1 aromatic heterocycles. The minimum Gasteiger partial charge on any atom is -0.371 e. The molecule has 2 saturated heterocycles. The number of carbonyl (C=O) groups excluding carboxylic acids is 4. The van der Waals surface area contributed by atoms with Crippen molar-refractivity contribution in [1.82, 2.24) is 30.0 Å². The van der Waals surface area contributed by atoms with Crippen molar-refractivity contribution in [3.8, 4) is 0 Å². The number of allylic oxidation sites excluding steroid dienone is 3. The topological polar surface area (TPSA) is 126 Å². The summed E-state index contributed by atoms with van der Waals surface area (Å²) in [5.41, 5.74) is 1.67. The average Bonchev–Trinajstić information content (AvgIpc) is 3.64. The van der Waals surface area contributed by atoms with Gasteiger partial charge in [-0.1, -0.05) is 58.6 Å². The van der Waals surface area contributed by atoms with Crippen molar-refractivity contribution in [1.29, 1.82) is 0 Å². The highest BCUT2D eigenvalue weighted by Gasteiger charge is 2.58. The minimum atomic E-state index is -0.899. The van der Waals surface area contributed by atoms with Crippen LogP contribution in [0.1, 0.15) is 66.4 Å². The molecule has 1 aliphatic carbocycles. The molecule has 2 N–H and O–H groups in total. The number of hydrogen-bond donors (Lipinski definition) is 2.